The SMILES string of the molecule is CC(=O)c1nn(CC(=O)N2[C@@H]3C[C@@H]3C[C@H]2C(=O)N[C@@H]2C[C@H]2c2cccc(Cl)c2F)c2ncccc12. The van der Waals surface area contributed by atoms with E-state index in [9.17, 15) is 18.8 Å². The van der Waals surface area contributed by atoms with Gasteiger partial charge >= 0.3 is 0 Å². The summed E-state index contributed by atoms with van der Waals surface area (Å²) in [6, 6.07) is 7.66. The summed E-state index contributed by atoms with van der Waals surface area (Å²) in [6.07, 6.45) is 3.72. The van der Waals surface area contributed by atoms with Gasteiger partial charge in [0.2, 0.25) is 11.8 Å². The maximum Gasteiger partial charge on any atom is 0.245 e. The number of pyridine rings is 1. The van der Waals surface area contributed by atoms with E-state index in [1.54, 1.807) is 35.4 Å². The summed E-state index contributed by atoms with van der Waals surface area (Å²) in [5, 5.41) is 8.01. The summed E-state index contributed by atoms with van der Waals surface area (Å²) in [4.78, 5) is 44.5. The number of nitrogens with zero attached hydrogens (tertiary/aromatic N) is 4. The predicted octanol–water partition coefficient (Wildman–Crippen LogP) is 3.09. The zero-order chi connectivity index (χ0) is 24.4. The number of fused-ring (bicyclic) bond motifs is 2. The maximum absolute atomic E-state index is 14.4. The minimum Gasteiger partial charge on any atom is -0.351 e. The third kappa shape index (κ3) is 3.78. The van der Waals surface area contributed by atoms with Crippen molar-refractivity contribution in [3.63, 3.8) is 0 Å². The molecular formula is C25H23ClFN5O3. The molecule has 180 valence electrons. The molecule has 35 heavy (non-hydrogen) atoms. The van der Waals surface area contributed by atoms with E-state index in [0.717, 1.165) is 6.42 Å². The third-order valence-electron chi connectivity index (χ3n) is 7.32. The summed E-state index contributed by atoms with van der Waals surface area (Å²) in [5.74, 6) is -0.897. The Hall–Kier alpha value is -3.33. The van der Waals surface area contributed by atoms with E-state index >= 15 is 0 Å². The highest BCUT2D eigenvalue weighted by Gasteiger charge is 2.56. The average Bonchev–Trinajstić information content (AvgIpc) is 3.71. The van der Waals surface area contributed by atoms with E-state index in [1.165, 1.54) is 17.7 Å². The van der Waals surface area contributed by atoms with Crippen LogP contribution < -0.4 is 5.32 Å². The number of hydrogen-bond donors (Lipinski definition) is 1. The molecule has 0 bridgehead atoms. The Bertz CT molecular complexity index is 1390. The van der Waals surface area contributed by atoms with Gasteiger partial charge in [-0.1, -0.05) is 23.7 Å². The number of amides is 2. The fraction of sp³-hybridized carbons (Fsp3) is 0.400. The van der Waals surface area contributed by atoms with Crippen molar-refractivity contribution in [2.24, 2.45) is 5.92 Å². The van der Waals surface area contributed by atoms with Crippen molar-refractivity contribution in [3.05, 3.63) is 58.6 Å². The van der Waals surface area contributed by atoms with Crippen LogP contribution in [0.2, 0.25) is 5.02 Å². The number of carbonyl (C=O) groups is 3. The first-order valence-corrected chi connectivity index (χ1v) is 12.1. The van der Waals surface area contributed by atoms with Gasteiger partial charge in [0, 0.05) is 31.1 Å². The molecule has 8 nitrogen and oxygen atoms in total. The van der Waals surface area contributed by atoms with E-state index < -0.39 is 11.9 Å². The fourth-order valence-corrected chi connectivity index (χ4v) is 5.60. The van der Waals surface area contributed by atoms with Crippen LogP contribution in [0, 0.1) is 11.7 Å². The molecule has 0 radical (unpaired) electrons. The van der Waals surface area contributed by atoms with Crippen molar-refractivity contribution in [1.82, 2.24) is 25.0 Å². The number of rotatable bonds is 6. The van der Waals surface area contributed by atoms with Crippen LogP contribution in [0.25, 0.3) is 11.0 Å². The number of Topliss-reactive ketones (excluding diaryl/α,β-unsaturated/α-hetero) is 1. The molecule has 1 saturated heterocycles. The molecule has 0 spiro atoms. The second kappa shape index (κ2) is 8.12. The van der Waals surface area contributed by atoms with Gasteiger partial charge in [-0.25, -0.2) is 14.1 Å². The molecule has 1 aliphatic heterocycles. The van der Waals surface area contributed by atoms with Crippen LogP contribution >= 0.6 is 11.6 Å². The lowest BCUT2D eigenvalue weighted by molar-refractivity contribution is -0.140. The molecule has 1 aromatic carbocycles. The van der Waals surface area contributed by atoms with Gasteiger partial charge in [-0.05, 0) is 48.9 Å². The van der Waals surface area contributed by atoms with Gasteiger partial charge < -0.3 is 10.2 Å². The second-order valence-corrected chi connectivity index (χ2v) is 10.1. The zero-order valence-corrected chi connectivity index (χ0v) is 19.7. The Kier molecular flexibility index (Phi) is 5.14. The zero-order valence-electron chi connectivity index (χ0n) is 18.9. The lowest BCUT2D eigenvalue weighted by atomic mass is 10.1. The number of ketones is 1. The van der Waals surface area contributed by atoms with Crippen molar-refractivity contribution in [2.45, 2.75) is 56.8 Å². The Balaban J connectivity index is 1.17. The first-order chi connectivity index (χ1) is 16.8. The van der Waals surface area contributed by atoms with Gasteiger partial charge in [0.1, 0.15) is 24.1 Å². The first-order valence-electron chi connectivity index (χ1n) is 11.7. The van der Waals surface area contributed by atoms with Crippen LogP contribution in [0.3, 0.4) is 0 Å². The topological polar surface area (TPSA) is 97.2 Å². The molecule has 3 fully saturated rings. The van der Waals surface area contributed by atoms with Crippen LogP contribution in [-0.2, 0) is 16.1 Å². The molecule has 1 N–H and O–H groups in total. The van der Waals surface area contributed by atoms with Gasteiger partial charge in [-0.3, -0.25) is 14.4 Å². The van der Waals surface area contributed by atoms with Crippen molar-refractivity contribution >= 4 is 40.2 Å². The predicted molar refractivity (Wildman–Crippen MR) is 125 cm³/mol. The molecular weight excluding hydrogens is 473 g/mol. The lowest BCUT2D eigenvalue weighted by Gasteiger charge is -2.27. The summed E-state index contributed by atoms with van der Waals surface area (Å²) >= 11 is 5.90. The van der Waals surface area contributed by atoms with Crippen LogP contribution in [0.4, 0.5) is 4.39 Å². The second-order valence-electron chi connectivity index (χ2n) is 9.65. The number of carbonyl (C=O) groups excluding carboxylic acids is 3. The normalized spacial score (nSPS) is 26.5. The molecule has 2 aliphatic carbocycles. The quantitative estimate of drug-likeness (QED) is 0.530. The van der Waals surface area contributed by atoms with Crippen molar-refractivity contribution < 1.29 is 18.8 Å². The molecule has 2 aromatic heterocycles. The van der Waals surface area contributed by atoms with Crippen molar-refractivity contribution in [1.29, 1.82) is 0 Å². The van der Waals surface area contributed by atoms with Gasteiger partial charge in [0.25, 0.3) is 0 Å². The Morgan fingerprint density at radius 1 is 1.17 bits per heavy atom. The van der Waals surface area contributed by atoms with Crippen LogP contribution in [0.15, 0.2) is 36.5 Å². The highest BCUT2D eigenvalue weighted by molar-refractivity contribution is 6.30. The van der Waals surface area contributed by atoms with E-state index in [2.05, 4.69) is 15.4 Å². The highest BCUT2D eigenvalue weighted by Crippen LogP contribution is 2.49. The van der Waals surface area contributed by atoms with Gasteiger partial charge in [-0.15, -0.1) is 0 Å². The molecule has 3 aliphatic rings. The molecule has 2 amide bonds. The number of benzene rings is 1. The van der Waals surface area contributed by atoms with Crippen molar-refractivity contribution in [3.8, 4) is 0 Å². The monoisotopic (exact) mass is 495 g/mol. The van der Waals surface area contributed by atoms with E-state index in [0.29, 0.717) is 35.4 Å². The molecule has 2 saturated carbocycles. The van der Waals surface area contributed by atoms with E-state index in [1.807, 2.05) is 0 Å². The molecule has 5 atom stereocenters. The summed E-state index contributed by atoms with van der Waals surface area (Å²) in [7, 11) is 0. The summed E-state index contributed by atoms with van der Waals surface area (Å²) in [5.41, 5.74) is 1.24. The summed E-state index contributed by atoms with van der Waals surface area (Å²) in [6.45, 7) is 1.32. The standard InChI is InChI=1S/C25H23ClFN5O3/c1-12(33)23-15-5-3-7-28-24(15)31(30-23)11-21(34)32-19-8-13(19)9-20(32)25(35)29-18-10-16(18)14-4-2-6-17(26)22(14)27/h2-7,13,16,18-20H,8-11H2,1H3,(H,29,35)/t13-,16+,18-,19-,20+/m1/s1. The Morgan fingerprint density at radius 2 is 2.00 bits per heavy atom. The first kappa shape index (κ1) is 22.2. The smallest absolute Gasteiger partial charge is 0.245 e. The minimum atomic E-state index is -0.571. The Labute approximate surface area is 205 Å². The highest BCUT2D eigenvalue weighted by atomic mass is 35.5. The lowest BCUT2D eigenvalue weighted by Crippen LogP contribution is -2.49. The van der Waals surface area contributed by atoms with Crippen LogP contribution in [-0.4, -0.2) is 55.4 Å². The molecule has 3 aromatic rings. The van der Waals surface area contributed by atoms with E-state index in [4.69, 9.17) is 11.6 Å². The van der Waals surface area contributed by atoms with Crippen LogP contribution in [0.1, 0.15) is 48.2 Å². The van der Waals surface area contributed by atoms with Crippen LogP contribution in [0.5, 0.6) is 0 Å². The molecule has 6 rings (SSSR count). The maximum atomic E-state index is 14.4. The summed E-state index contributed by atoms with van der Waals surface area (Å²) < 4.78 is 15.8. The third-order valence-corrected chi connectivity index (χ3v) is 7.61. The van der Waals surface area contributed by atoms with Gasteiger partial charge in [0.05, 0.1) is 10.4 Å². The van der Waals surface area contributed by atoms with E-state index in [-0.39, 0.29) is 52.9 Å². The Morgan fingerprint density at radius 3 is 2.80 bits per heavy atom. The number of likely N-dealkylation sites (tertiary alicyclic amines) is 1. The number of aromatic nitrogens is 3. The van der Waals surface area contributed by atoms with Gasteiger partial charge in [0.15, 0.2) is 11.4 Å². The van der Waals surface area contributed by atoms with Crippen molar-refractivity contribution in [2.75, 3.05) is 0 Å². The molecule has 0 unspecified atom stereocenters. The molecule has 10 heteroatoms. The number of nitrogens with one attached hydrogen (secondary N) is 1. The number of halogens is 2. The number of piperidine rings is 1. The average molecular weight is 496 g/mol. The fourth-order valence-electron chi connectivity index (χ4n) is 5.42. The minimum absolute atomic E-state index is 0.0423. The number of hydrogen-bond acceptors (Lipinski definition) is 5. The molecule has 3 heterocycles. The van der Waals surface area contributed by atoms with Gasteiger partial charge in [-0.2, -0.15) is 5.10 Å². The largest absolute Gasteiger partial charge is 0.351 e.